The molecule has 0 spiro atoms. The summed E-state index contributed by atoms with van der Waals surface area (Å²) in [5.74, 6) is 1.51. The Bertz CT molecular complexity index is 816. The zero-order valence-electron chi connectivity index (χ0n) is 13.0. The molecule has 0 aliphatic carbocycles. The first-order valence-corrected chi connectivity index (χ1v) is 7.56. The molecule has 118 valence electrons. The molecule has 0 unspecified atom stereocenters. The molecule has 0 saturated carbocycles. The highest BCUT2D eigenvalue weighted by Gasteiger charge is 2.06. The van der Waals surface area contributed by atoms with E-state index < -0.39 is 0 Å². The quantitative estimate of drug-likeness (QED) is 0.775. The van der Waals surface area contributed by atoms with Crippen LogP contribution in [0, 0.1) is 0 Å². The molecule has 0 fully saturated rings. The van der Waals surface area contributed by atoms with Gasteiger partial charge in [-0.3, -0.25) is 0 Å². The van der Waals surface area contributed by atoms with Crippen molar-refractivity contribution in [3.63, 3.8) is 0 Å². The monoisotopic (exact) mass is 328 g/mol. The number of hydrogen-bond donors (Lipinski definition) is 1. The van der Waals surface area contributed by atoms with Crippen LogP contribution in [0.5, 0.6) is 5.75 Å². The molecular weight excluding hydrogens is 312 g/mol. The number of nitrogens with one attached hydrogen (secondary N) is 1. The summed E-state index contributed by atoms with van der Waals surface area (Å²) in [5, 5.41) is 12.0. The third kappa shape index (κ3) is 3.46. The van der Waals surface area contributed by atoms with Crippen molar-refractivity contribution in [2.45, 2.75) is 6.54 Å². The lowest BCUT2D eigenvalue weighted by Crippen LogP contribution is -2.00. The molecule has 0 bridgehead atoms. The number of nitrogens with zero attached hydrogens (tertiary/aromatic N) is 3. The number of methoxy groups -OCH3 is 1. The average molecular weight is 329 g/mol. The van der Waals surface area contributed by atoms with Crippen molar-refractivity contribution < 1.29 is 4.74 Å². The fourth-order valence-corrected chi connectivity index (χ4v) is 2.62. The Morgan fingerprint density at radius 3 is 2.78 bits per heavy atom. The highest BCUT2D eigenvalue weighted by molar-refractivity contribution is 6.32. The zero-order chi connectivity index (χ0) is 16.2. The SMILES string of the molecule is COc1ccc(CNc2cccc(-c3nncn3C)c2)cc1Cl. The largest absolute Gasteiger partial charge is 0.495 e. The Morgan fingerprint density at radius 2 is 2.09 bits per heavy atom. The van der Waals surface area contributed by atoms with Crippen molar-refractivity contribution in [1.82, 2.24) is 14.8 Å². The number of anilines is 1. The third-order valence-corrected chi connectivity index (χ3v) is 3.84. The summed E-state index contributed by atoms with van der Waals surface area (Å²) in [6, 6.07) is 13.8. The average Bonchev–Trinajstić information content (AvgIpc) is 2.99. The van der Waals surface area contributed by atoms with Gasteiger partial charge in [0.25, 0.3) is 0 Å². The van der Waals surface area contributed by atoms with Gasteiger partial charge in [-0.15, -0.1) is 10.2 Å². The van der Waals surface area contributed by atoms with E-state index in [4.69, 9.17) is 16.3 Å². The third-order valence-electron chi connectivity index (χ3n) is 3.55. The van der Waals surface area contributed by atoms with Crippen LogP contribution in [0.1, 0.15) is 5.56 Å². The number of halogens is 1. The Morgan fingerprint density at radius 1 is 1.22 bits per heavy atom. The molecule has 1 heterocycles. The lowest BCUT2D eigenvalue weighted by atomic mass is 10.1. The first kappa shape index (κ1) is 15.4. The molecule has 0 aliphatic rings. The predicted octanol–water partition coefficient (Wildman–Crippen LogP) is 3.76. The minimum absolute atomic E-state index is 0.611. The number of ether oxygens (including phenoxy) is 1. The highest BCUT2D eigenvalue weighted by atomic mass is 35.5. The minimum Gasteiger partial charge on any atom is -0.495 e. The maximum atomic E-state index is 6.15. The number of aryl methyl sites for hydroxylation is 1. The van der Waals surface area contributed by atoms with Gasteiger partial charge in [-0.25, -0.2) is 0 Å². The fraction of sp³-hybridized carbons (Fsp3) is 0.176. The molecular formula is C17H17ClN4O. The standard InChI is InChI=1S/C17H17ClN4O/c1-22-11-20-21-17(22)13-4-3-5-14(9-13)19-10-12-6-7-16(23-2)15(18)8-12/h3-9,11,19H,10H2,1-2H3. The lowest BCUT2D eigenvalue weighted by molar-refractivity contribution is 0.415. The molecule has 1 aromatic heterocycles. The van der Waals surface area contributed by atoms with E-state index in [1.54, 1.807) is 13.4 Å². The molecule has 0 aliphatic heterocycles. The van der Waals surface area contributed by atoms with Gasteiger partial charge in [-0.05, 0) is 29.8 Å². The number of aromatic nitrogens is 3. The second kappa shape index (κ2) is 6.71. The van der Waals surface area contributed by atoms with Crippen LogP contribution in [0.2, 0.25) is 5.02 Å². The van der Waals surface area contributed by atoms with Crippen LogP contribution in [0.3, 0.4) is 0 Å². The van der Waals surface area contributed by atoms with Gasteiger partial charge in [0.15, 0.2) is 5.82 Å². The van der Waals surface area contributed by atoms with Gasteiger partial charge in [0.2, 0.25) is 0 Å². The van der Waals surface area contributed by atoms with E-state index >= 15 is 0 Å². The summed E-state index contributed by atoms with van der Waals surface area (Å²) in [5.41, 5.74) is 3.11. The van der Waals surface area contributed by atoms with Crippen molar-refractivity contribution in [2.24, 2.45) is 7.05 Å². The molecule has 0 amide bonds. The topological polar surface area (TPSA) is 52.0 Å². The Hall–Kier alpha value is -2.53. The summed E-state index contributed by atoms with van der Waals surface area (Å²) < 4.78 is 7.05. The van der Waals surface area contributed by atoms with Crippen molar-refractivity contribution in [3.8, 4) is 17.1 Å². The summed E-state index contributed by atoms with van der Waals surface area (Å²) in [6.45, 7) is 0.673. The van der Waals surface area contributed by atoms with Gasteiger partial charge >= 0.3 is 0 Å². The number of benzene rings is 2. The van der Waals surface area contributed by atoms with E-state index in [-0.39, 0.29) is 0 Å². The van der Waals surface area contributed by atoms with Crippen LogP contribution in [0.15, 0.2) is 48.8 Å². The van der Waals surface area contributed by atoms with Gasteiger partial charge in [0, 0.05) is 24.8 Å². The molecule has 23 heavy (non-hydrogen) atoms. The van der Waals surface area contributed by atoms with E-state index in [0.717, 1.165) is 22.6 Å². The van der Waals surface area contributed by atoms with Crippen LogP contribution in [-0.4, -0.2) is 21.9 Å². The van der Waals surface area contributed by atoms with Crippen molar-refractivity contribution >= 4 is 17.3 Å². The molecule has 3 rings (SSSR count). The second-order valence-corrected chi connectivity index (χ2v) is 5.58. The normalized spacial score (nSPS) is 10.6. The molecule has 1 N–H and O–H groups in total. The zero-order valence-corrected chi connectivity index (χ0v) is 13.7. The fourth-order valence-electron chi connectivity index (χ4n) is 2.34. The van der Waals surface area contributed by atoms with Crippen LogP contribution in [-0.2, 0) is 13.6 Å². The molecule has 6 heteroatoms. The lowest BCUT2D eigenvalue weighted by Gasteiger charge is -2.10. The van der Waals surface area contributed by atoms with E-state index in [9.17, 15) is 0 Å². The van der Waals surface area contributed by atoms with E-state index in [1.807, 2.05) is 48.0 Å². The van der Waals surface area contributed by atoms with Gasteiger partial charge in [0.1, 0.15) is 12.1 Å². The molecule has 2 aromatic carbocycles. The van der Waals surface area contributed by atoms with Crippen molar-refractivity contribution in [2.75, 3.05) is 12.4 Å². The van der Waals surface area contributed by atoms with Gasteiger partial charge in [-0.1, -0.05) is 29.8 Å². The number of hydrogen-bond acceptors (Lipinski definition) is 4. The van der Waals surface area contributed by atoms with Crippen molar-refractivity contribution in [3.05, 3.63) is 59.4 Å². The first-order valence-electron chi connectivity index (χ1n) is 7.18. The van der Waals surface area contributed by atoms with E-state index in [2.05, 4.69) is 21.6 Å². The van der Waals surface area contributed by atoms with Gasteiger partial charge < -0.3 is 14.6 Å². The van der Waals surface area contributed by atoms with Crippen LogP contribution in [0.4, 0.5) is 5.69 Å². The van der Waals surface area contributed by atoms with Crippen LogP contribution >= 0.6 is 11.6 Å². The smallest absolute Gasteiger partial charge is 0.163 e. The van der Waals surface area contributed by atoms with Crippen molar-refractivity contribution in [1.29, 1.82) is 0 Å². The Kier molecular flexibility index (Phi) is 4.48. The van der Waals surface area contributed by atoms with Crippen LogP contribution < -0.4 is 10.1 Å². The Balaban J connectivity index is 1.74. The molecule has 0 saturated heterocycles. The Labute approximate surface area is 139 Å². The second-order valence-electron chi connectivity index (χ2n) is 5.17. The summed E-state index contributed by atoms with van der Waals surface area (Å²) >= 11 is 6.15. The van der Waals surface area contributed by atoms with Gasteiger partial charge in [0.05, 0.1) is 12.1 Å². The maximum absolute atomic E-state index is 6.15. The highest BCUT2D eigenvalue weighted by Crippen LogP contribution is 2.26. The first-order chi connectivity index (χ1) is 11.2. The molecule has 0 atom stereocenters. The minimum atomic E-state index is 0.611. The summed E-state index contributed by atoms with van der Waals surface area (Å²) in [6.07, 6.45) is 1.69. The maximum Gasteiger partial charge on any atom is 0.163 e. The summed E-state index contributed by atoms with van der Waals surface area (Å²) in [4.78, 5) is 0. The summed E-state index contributed by atoms with van der Waals surface area (Å²) in [7, 11) is 3.53. The number of rotatable bonds is 5. The van der Waals surface area contributed by atoms with E-state index in [1.165, 1.54) is 0 Å². The molecule has 0 radical (unpaired) electrons. The predicted molar refractivity (Wildman–Crippen MR) is 91.8 cm³/mol. The van der Waals surface area contributed by atoms with E-state index in [0.29, 0.717) is 17.3 Å². The molecule has 3 aromatic rings. The molecule has 5 nitrogen and oxygen atoms in total. The van der Waals surface area contributed by atoms with Gasteiger partial charge in [-0.2, -0.15) is 0 Å². The van der Waals surface area contributed by atoms with Crippen LogP contribution in [0.25, 0.3) is 11.4 Å².